The number of hydrogen-bond acceptors (Lipinski definition) is 2. The third-order valence-corrected chi connectivity index (χ3v) is 4.91. The molecular formula is C15H23N3O. The molecule has 1 aromatic rings. The molecule has 1 unspecified atom stereocenters. The van der Waals surface area contributed by atoms with Gasteiger partial charge in [-0.05, 0) is 38.5 Å². The van der Waals surface area contributed by atoms with Crippen LogP contribution in [-0.2, 0) is 10.2 Å². The number of aromatic amines is 1. The summed E-state index contributed by atoms with van der Waals surface area (Å²) in [6.07, 6.45) is 11.8. The van der Waals surface area contributed by atoms with Gasteiger partial charge < -0.3 is 10.3 Å². The molecule has 2 aliphatic carbocycles. The lowest BCUT2D eigenvalue weighted by atomic mass is 9.84. The first-order valence-corrected chi connectivity index (χ1v) is 7.52. The van der Waals surface area contributed by atoms with E-state index in [-0.39, 0.29) is 11.3 Å². The number of imidazole rings is 1. The zero-order valence-electron chi connectivity index (χ0n) is 11.6. The Kier molecular flexibility index (Phi) is 3.33. The Morgan fingerprint density at radius 3 is 2.74 bits per heavy atom. The third-order valence-electron chi connectivity index (χ3n) is 4.91. The second-order valence-electron chi connectivity index (χ2n) is 6.21. The van der Waals surface area contributed by atoms with E-state index in [2.05, 4.69) is 22.2 Å². The Morgan fingerprint density at radius 2 is 2.16 bits per heavy atom. The van der Waals surface area contributed by atoms with Crippen LogP contribution in [0.2, 0.25) is 0 Å². The molecule has 4 nitrogen and oxygen atoms in total. The van der Waals surface area contributed by atoms with Crippen LogP contribution in [0.1, 0.15) is 57.6 Å². The van der Waals surface area contributed by atoms with E-state index in [1.54, 1.807) is 12.5 Å². The van der Waals surface area contributed by atoms with Gasteiger partial charge >= 0.3 is 0 Å². The van der Waals surface area contributed by atoms with Gasteiger partial charge in [-0.3, -0.25) is 4.79 Å². The van der Waals surface area contributed by atoms with Gasteiger partial charge in [0.05, 0.1) is 17.4 Å². The van der Waals surface area contributed by atoms with Gasteiger partial charge in [-0.25, -0.2) is 4.98 Å². The Bertz CT molecular complexity index is 430. The molecule has 0 saturated heterocycles. The van der Waals surface area contributed by atoms with Crippen LogP contribution in [0.25, 0.3) is 0 Å². The van der Waals surface area contributed by atoms with E-state index in [1.807, 2.05) is 0 Å². The van der Waals surface area contributed by atoms with E-state index < -0.39 is 0 Å². The van der Waals surface area contributed by atoms with Gasteiger partial charge in [0.2, 0.25) is 5.91 Å². The quantitative estimate of drug-likeness (QED) is 0.875. The molecule has 0 radical (unpaired) electrons. The first kappa shape index (κ1) is 12.7. The number of nitrogens with zero attached hydrogens (tertiary/aromatic N) is 1. The van der Waals surface area contributed by atoms with Crippen molar-refractivity contribution in [1.29, 1.82) is 0 Å². The molecule has 19 heavy (non-hydrogen) atoms. The molecule has 0 aromatic carbocycles. The highest BCUT2D eigenvalue weighted by atomic mass is 16.2. The fourth-order valence-electron chi connectivity index (χ4n) is 3.36. The predicted octanol–water partition coefficient (Wildman–Crippen LogP) is 2.53. The van der Waals surface area contributed by atoms with Gasteiger partial charge in [0.25, 0.3) is 0 Å². The highest BCUT2D eigenvalue weighted by Crippen LogP contribution is 2.47. The Morgan fingerprint density at radius 1 is 1.42 bits per heavy atom. The lowest BCUT2D eigenvalue weighted by Gasteiger charge is -2.29. The highest BCUT2D eigenvalue weighted by Gasteiger charge is 2.52. The number of carbonyl (C=O) groups excluding carboxylic acids is 1. The predicted molar refractivity (Wildman–Crippen MR) is 73.7 cm³/mol. The maximum Gasteiger partial charge on any atom is 0.232 e. The van der Waals surface area contributed by atoms with Crippen molar-refractivity contribution in [3.63, 3.8) is 0 Å². The molecule has 3 rings (SSSR count). The summed E-state index contributed by atoms with van der Waals surface area (Å²) in [5, 5.41) is 3.25. The standard InChI is InChI=1S/C15H23N3O/c1-11(12-5-3-2-4-6-12)18-14(19)15(7-8-15)13-9-16-10-17-13/h9-12H,2-8H2,1H3,(H,16,17)(H,18,19). The highest BCUT2D eigenvalue weighted by molar-refractivity contribution is 5.90. The smallest absolute Gasteiger partial charge is 0.232 e. The van der Waals surface area contributed by atoms with Crippen molar-refractivity contribution in [3.05, 3.63) is 18.2 Å². The van der Waals surface area contributed by atoms with Crippen LogP contribution in [-0.4, -0.2) is 21.9 Å². The summed E-state index contributed by atoms with van der Waals surface area (Å²) < 4.78 is 0. The minimum atomic E-state index is -0.306. The lowest BCUT2D eigenvalue weighted by molar-refractivity contribution is -0.124. The van der Waals surface area contributed by atoms with Gasteiger partial charge in [0.1, 0.15) is 0 Å². The fraction of sp³-hybridized carbons (Fsp3) is 0.733. The molecule has 0 bridgehead atoms. The molecule has 2 saturated carbocycles. The topological polar surface area (TPSA) is 57.8 Å². The molecule has 104 valence electrons. The second-order valence-corrected chi connectivity index (χ2v) is 6.21. The SMILES string of the molecule is CC(NC(=O)C1(c2cnc[nH]2)CC1)C1CCCCC1. The number of hydrogen-bond donors (Lipinski definition) is 2. The number of carbonyl (C=O) groups is 1. The zero-order chi connectivity index (χ0) is 13.3. The summed E-state index contributed by atoms with van der Waals surface area (Å²) in [7, 11) is 0. The number of rotatable bonds is 4. The maximum absolute atomic E-state index is 12.5. The van der Waals surface area contributed by atoms with Crippen LogP contribution < -0.4 is 5.32 Å². The molecule has 4 heteroatoms. The van der Waals surface area contributed by atoms with Gasteiger partial charge in [-0.15, -0.1) is 0 Å². The van der Waals surface area contributed by atoms with Crippen LogP contribution in [0, 0.1) is 5.92 Å². The Labute approximate surface area is 114 Å². The van der Waals surface area contributed by atoms with Crippen LogP contribution in [0.15, 0.2) is 12.5 Å². The molecule has 2 aliphatic rings. The van der Waals surface area contributed by atoms with Crippen LogP contribution >= 0.6 is 0 Å². The fourth-order valence-corrected chi connectivity index (χ4v) is 3.36. The van der Waals surface area contributed by atoms with Crippen molar-refractivity contribution in [1.82, 2.24) is 15.3 Å². The average Bonchev–Trinajstić information content (AvgIpc) is 3.07. The third kappa shape index (κ3) is 2.40. The summed E-state index contributed by atoms with van der Waals surface area (Å²) in [5.41, 5.74) is 0.667. The first-order valence-electron chi connectivity index (χ1n) is 7.52. The molecule has 0 aliphatic heterocycles. The Balaban J connectivity index is 1.62. The van der Waals surface area contributed by atoms with Crippen molar-refractivity contribution in [2.24, 2.45) is 5.92 Å². The second kappa shape index (κ2) is 4.99. The number of amides is 1. The molecule has 1 amide bonds. The van der Waals surface area contributed by atoms with Crippen LogP contribution in [0.5, 0.6) is 0 Å². The summed E-state index contributed by atoms with van der Waals surface area (Å²) in [6.45, 7) is 2.16. The monoisotopic (exact) mass is 261 g/mol. The van der Waals surface area contributed by atoms with Gasteiger partial charge in [-0.1, -0.05) is 19.3 Å². The zero-order valence-corrected chi connectivity index (χ0v) is 11.6. The minimum Gasteiger partial charge on any atom is -0.353 e. The van der Waals surface area contributed by atoms with Crippen molar-refractivity contribution in [3.8, 4) is 0 Å². The average molecular weight is 261 g/mol. The molecule has 1 heterocycles. The van der Waals surface area contributed by atoms with Crippen LogP contribution in [0.4, 0.5) is 0 Å². The molecule has 2 fully saturated rings. The summed E-state index contributed by atoms with van der Waals surface area (Å²) >= 11 is 0. The lowest BCUT2D eigenvalue weighted by Crippen LogP contribution is -2.44. The summed E-state index contributed by atoms with van der Waals surface area (Å²) in [6, 6.07) is 0.299. The van der Waals surface area contributed by atoms with Gasteiger partial charge in [-0.2, -0.15) is 0 Å². The van der Waals surface area contributed by atoms with E-state index in [0.29, 0.717) is 12.0 Å². The van der Waals surface area contributed by atoms with Crippen molar-refractivity contribution in [2.45, 2.75) is 63.3 Å². The molecule has 0 spiro atoms. The minimum absolute atomic E-state index is 0.190. The molecule has 2 N–H and O–H groups in total. The van der Waals surface area contributed by atoms with Crippen molar-refractivity contribution >= 4 is 5.91 Å². The van der Waals surface area contributed by atoms with Gasteiger partial charge in [0, 0.05) is 12.2 Å². The first-order chi connectivity index (χ1) is 9.22. The van der Waals surface area contributed by atoms with E-state index in [1.165, 1.54) is 32.1 Å². The number of nitrogens with one attached hydrogen (secondary N) is 2. The normalized spacial score (nSPS) is 23.8. The summed E-state index contributed by atoms with van der Waals surface area (Å²) in [5.74, 6) is 0.852. The van der Waals surface area contributed by atoms with E-state index in [0.717, 1.165) is 18.5 Å². The molecule has 1 aromatic heterocycles. The van der Waals surface area contributed by atoms with E-state index >= 15 is 0 Å². The Hall–Kier alpha value is -1.32. The van der Waals surface area contributed by atoms with Crippen LogP contribution in [0.3, 0.4) is 0 Å². The van der Waals surface area contributed by atoms with Crippen molar-refractivity contribution in [2.75, 3.05) is 0 Å². The number of aromatic nitrogens is 2. The van der Waals surface area contributed by atoms with Gasteiger partial charge in [0.15, 0.2) is 0 Å². The molecule has 1 atom stereocenters. The maximum atomic E-state index is 12.5. The van der Waals surface area contributed by atoms with E-state index in [4.69, 9.17) is 0 Å². The van der Waals surface area contributed by atoms with Crippen molar-refractivity contribution < 1.29 is 4.79 Å². The number of H-pyrrole nitrogens is 1. The summed E-state index contributed by atoms with van der Waals surface area (Å²) in [4.78, 5) is 19.7. The largest absolute Gasteiger partial charge is 0.353 e. The molecular weight excluding hydrogens is 238 g/mol. The van der Waals surface area contributed by atoms with E-state index in [9.17, 15) is 4.79 Å².